The van der Waals surface area contributed by atoms with Crippen molar-refractivity contribution in [2.24, 2.45) is 0 Å². The van der Waals surface area contributed by atoms with E-state index in [4.69, 9.17) is 9.40 Å². The Morgan fingerprint density at radius 1 is 0.400 bits per heavy atom. The van der Waals surface area contributed by atoms with Crippen LogP contribution in [0.4, 0.5) is 0 Å². The van der Waals surface area contributed by atoms with Crippen LogP contribution in [0.5, 0.6) is 0 Å². The van der Waals surface area contributed by atoms with E-state index in [2.05, 4.69) is 227 Å². The Labute approximate surface area is 347 Å². The first-order chi connectivity index (χ1) is 29.8. The fourth-order valence-electron chi connectivity index (χ4n) is 9.78. The maximum atomic E-state index is 6.66. The van der Waals surface area contributed by atoms with Gasteiger partial charge in [-0.1, -0.05) is 182 Å². The van der Waals surface area contributed by atoms with Gasteiger partial charge in [0, 0.05) is 22.0 Å². The Bertz CT molecular complexity index is 3520. The second-order valence-electron chi connectivity index (χ2n) is 15.5. The number of fused-ring (bicyclic) bond motifs is 8. The molecule has 0 spiro atoms. The minimum absolute atomic E-state index is 0.897. The van der Waals surface area contributed by atoms with Crippen LogP contribution in [-0.2, 0) is 0 Å². The molecule has 0 saturated heterocycles. The van der Waals surface area contributed by atoms with Crippen molar-refractivity contribution in [2.75, 3.05) is 0 Å². The summed E-state index contributed by atoms with van der Waals surface area (Å²) >= 11 is 0. The second-order valence-corrected chi connectivity index (χ2v) is 19.2. The Morgan fingerprint density at radius 3 is 1.73 bits per heavy atom. The van der Waals surface area contributed by atoms with Gasteiger partial charge in [-0.15, -0.1) is 0 Å². The van der Waals surface area contributed by atoms with E-state index in [0.29, 0.717) is 0 Å². The quantitative estimate of drug-likeness (QED) is 0.119. The number of benzene rings is 9. The van der Waals surface area contributed by atoms with E-state index in [-0.39, 0.29) is 0 Å². The largest absolute Gasteiger partial charge is 0.455 e. The van der Waals surface area contributed by atoms with Crippen LogP contribution in [0.3, 0.4) is 0 Å². The molecule has 0 N–H and O–H groups in total. The number of nitrogens with zero attached hydrogens (tertiary/aromatic N) is 3. The van der Waals surface area contributed by atoms with Crippen LogP contribution in [0, 0.1) is 0 Å². The number of para-hydroxylation sites is 6. The maximum absolute atomic E-state index is 6.66. The molecule has 12 rings (SSSR count). The van der Waals surface area contributed by atoms with Crippen LogP contribution in [0.2, 0.25) is 0 Å². The van der Waals surface area contributed by atoms with Gasteiger partial charge in [0.15, 0.2) is 8.07 Å². The van der Waals surface area contributed by atoms with Crippen molar-refractivity contribution in [1.29, 1.82) is 0 Å². The van der Waals surface area contributed by atoms with Crippen LogP contribution in [0.15, 0.2) is 229 Å². The lowest BCUT2D eigenvalue weighted by molar-refractivity contribution is 0.670. The van der Waals surface area contributed by atoms with Gasteiger partial charge in [-0.3, -0.25) is 8.97 Å². The molecule has 0 aliphatic heterocycles. The third kappa shape index (κ3) is 5.06. The molecular weight excluding hydrogens is 747 g/mol. The summed E-state index contributed by atoms with van der Waals surface area (Å²) in [6, 6.07) is 81.6. The molecular formula is C55H37N3OSi. The highest BCUT2D eigenvalue weighted by molar-refractivity contribution is 7.20. The molecule has 0 saturated carbocycles. The van der Waals surface area contributed by atoms with Crippen molar-refractivity contribution in [2.45, 2.75) is 0 Å². The van der Waals surface area contributed by atoms with Gasteiger partial charge >= 0.3 is 0 Å². The van der Waals surface area contributed by atoms with E-state index in [1.54, 1.807) is 0 Å². The third-order valence-corrected chi connectivity index (χ3v) is 17.1. The van der Waals surface area contributed by atoms with E-state index in [9.17, 15) is 0 Å². The molecule has 4 nitrogen and oxygen atoms in total. The monoisotopic (exact) mass is 783 g/mol. The lowest BCUT2D eigenvalue weighted by Gasteiger charge is -2.36. The molecule has 3 aromatic heterocycles. The van der Waals surface area contributed by atoms with Crippen molar-refractivity contribution in [3.8, 4) is 27.9 Å². The van der Waals surface area contributed by atoms with Crippen molar-refractivity contribution in [1.82, 2.24) is 14.0 Å². The molecule has 12 aromatic rings. The molecule has 9 aromatic carbocycles. The van der Waals surface area contributed by atoms with Gasteiger partial charge in [0.1, 0.15) is 11.2 Å². The minimum atomic E-state index is -3.11. The summed E-state index contributed by atoms with van der Waals surface area (Å²) in [6.07, 6.45) is 0. The predicted molar refractivity (Wildman–Crippen MR) is 251 cm³/mol. The number of hydrogen-bond acceptors (Lipinski definition) is 2. The maximum Gasteiger partial charge on any atom is 0.220 e. The van der Waals surface area contributed by atoms with Crippen molar-refractivity contribution >= 4 is 78.6 Å². The second kappa shape index (κ2) is 13.7. The fourth-order valence-corrected chi connectivity index (χ4v) is 14.8. The average Bonchev–Trinajstić information content (AvgIpc) is 3.99. The molecule has 0 aliphatic carbocycles. The molecule has 3 heterocycles. The van der Waals surface area contributed by atoms with Gasteiger partial charge in [-0.05, 0) is 79.9 Å². The van der Waals surface area contributed by atoms with Crippen LogP contribution < -0.4 is 20.7 Å². The summed E-state index contributed by atoms with van der Waals surface area (Å²) < 4.78 is 11.3. The van der Waals surface area contributed by atoms with E-state index >= 15 is 0 Å². The summed E-state index contributed by atoms with van der Waals surface area (Å²) in [4.78, 5) is 5.25. The number of imidazole rings is 2. The lowest BCUT2D eigenvalue weighted by Crippen LogP contribution is -2.75. The zero-order valence-electron chi connectivity index (χ0n) is 32.6. The lowest BCUT2D eigenvalue weighted by atomic mass is 9.93. The molecule has 0 amide bonds. The minimum Gasteiger partial charge on any atom is -0.455 e. The first-order valence-electron chi connectivity index (χ1n) is 20.5. The highest BCUT2D eigenvalue weighted by Gasteiger charge is 2.43. The zero-order valence-corrected chi connectivity index (χ0v) is 33.6. The van der Waals surface area contributed by atoms with Gasteiger partial charge < -0.3 is 4.42 Å². The molecule has 282 valence electrons. The van der Waals surface area contributed by atoms with Crippen LogP contribution in [0.25, 0.3) is 77.7 Å². The summed E-state index contributed by atoms with van der Waals surface area (Å²) in [6.45, 7) is 0. The molecule has 0 unspecified atom stereocenters. The topological polar surface area (TPSA) is 35.4 Å². The van der Waals surface area contributed by atoms with Gasteiger partial charge in [0.05, 0.1) is 22.1 Å². The van der Waals surface area contributed by atoms with E-state index < -0.39 is 8.07 Å². The van der Waals surface area contributed by atoms with Crippen molar-refractivity contribution in [3.63, 3.8) is 0 Å². The van der Waals surface area contributed by atoms with Gasteiger partial charge in [-0.2, -0.15) is 0 Å². The first kappa shape index (κ1) is 34.3. The number of hydrogen-bond donors (Lipinski definition) is 0. The van der Waals surface area contributed by atoms with Crippen molar-refractivity contribution < 1.29 is 4.42 Å². The molecule has 0 bridgehead atoms. The van der Waals surface area contributed by atoms with Crippen LogP contribution >= 0.6 is 0 Å². The number of furan rings is 1. The predicted octanol–water partition coefficient (Wildman–Crippen LogP) is 11.0. The molecule has 0 atom stereocenters. The highest BCUT2D eigenvalue weighted by atomic mass is 28.3. The summed E-state index contributed by atoms with van der Waals surface area (Å²) in [5.41, 5.74) is 11.8. The normalized spacial score (nSPS) is 12.0. The number of rotatable bonds is 7. The number of aromatic nitrogens is 3. The molecule has 0 fully saturated rings. The van der Waals surface area contributed by atoms with Gasteiger partial charge in [0.25, 0.3) is 0 Å². The smallest absolute Gasteiger partial charge is 0.220 e. The van der Waals surface area contributed by atoms with Crippen LogP contribution in [0.1, 0.15) is 0 Å². The Hall–Kier alpha value is -7.73. The fraction of sp³-hybridized carbons (Fsp3) is 0. The highest BCUT2D eigenvalue weighted by Crippen LogP contribution is 2.40. The summed E-state index contributed by atoms with van der Waals surface area (Å²) in [5.74, 6) is 0.898. The van der Waals surface area contributed by atoms with Crippen LogP contribution in [-0.4, -0.2) is 22.0 Å². The van der Waals surface area contributed by atoms with E-state index in [1.807, 2.05) is 6.07 Å². The van der Waals surface area contributed by atoms with E-state index in [1.165, 1.54) is 31.9 Å². The molecule has 0 radical (unpaired) electrons. The van der Waals surface area contributed by atoms with Crippen molar-refractivity contribution in [3.05, 3.63) is 224 Å². The Morgan fingerprint density at radius 2 is 0.950 bits per heavy atom. The first-order valence-corrected chi connectivity index (χ1v) is 22.5. The summed E-state index contributed by atoms with van der Waals surface area (Å²) in [5, 5.41) is 7.48. The Kier molecular flexibility index (Phi) is 7.83. The zero-order chi connectivity index (χ0) is 39.6. The third-order valence-electron chi connectivity index (χ3n) is 12.3. The molecule has 60 heavy (non-hydrogen) atoms. The average molecular weight is 784 g/mol. The van der Waals surface area contributed by atoms with Gasteiger partial charge in [-0.25, -0.2) is 4.98 Å². The standard InChI is InChI=1S/C55H37N3OSi/c1-3-20-39(21-4-1)60(40-22-5-2-6-23-40,41-24-17-19-38(37-41)57-50-33-13-14-34-51(50)58-49-32-12-11-31-48(49)56-55(57)58)53-36-16-10-28-45(53)42-25-7-8-26-43(42)46-29-18-30-47-44-27-9-15-35-52(44)59-54(46)47/h1-37H. The molecule has 0 aliphatic rings. The summed E-state index contributed by atoms with van der Waals surface area (Å²) in [7, 11) is -3.11. The SMILES string of the molecule is c1ccc([Si](c2ccccc2)(c2cccc(-n3c4ccccc4n4c5ccccc5nc34)c2)c2ccccc2-c2ccccc2-c2cccc3c2oc2ccccc23)cc1. The Balaban J connectivity index is 1.16. The van der Waals surface area contributed by atoms with Gasteiger partial charge in [0.2, 0.25) is 5.78 Å². The molecule has 5 heteroatoms. The van der Waals surface area contributed by atoms with E-state index in [0.717, 1.165) is 66.6 Å².